The lowest BCUT2D eigenvalue weighted by atomic mass is 10.1. The van der Waals surface area contributed by atoms with E-state index in [2.05, 4.69) is 26.0 Å². The van der Waals surface area contributed by atoms with Crippen LogP contribution in [0.4, 0.5) is 0 Å². The van der Waals surface area contributed by atoms with E-state index in [1.807, 2.05) is 0 Å². The van der Waals surface area contributed by atoms with Gasteiger partial charge in [0.1, 0.15) is 13.2 Å². The molecular formula is C30H61NO4P+. The molecular weight excluding hydrogens is 469 g/mol. The monoisotopic (exact) mass is 530 g/mol. The highest BCUT2D eigenvalue weighted by Crippen LogP contribution is 2.43. The molecule has 0 aromatic heterocycles. The largest absolute Gasteiger partial charge is 0.472 e. The Morgan fingerprint density at radius 1 is 0.667 bits per heavy atom. The number of likely N-dealkylation sites (tertiary alicyclic amines) is 1. The summed E-state index contributed by atoms with van der Waals surface area (Å²) in [6.45, 7) is 9.28. The summed E-state index contributed by atoms with van der Waals surface area (Å²) in [4.78, 5) is 9.90. The summed E-state index contributed by atoms with van der Waals surface area (Å²) in [7, 11) is -3.90. The average molecular weight is 531 g/mol. The molecule has 5 nitrogen and oxygen atoms in total. The minimum atomic E-state index is -3.90. The van der Waals surface area contributed by atoms with Gasteiger partial charge in [-0.3, -0.25) is 9.05 Å². The van der Waals surface area contributed by atoms with Crippen molar-refractivity contribution in [3.05, 3.63) is 12.2 Å². The zero-order chi connectivity index (χ0) is 26.2. The SMILES string of the molecule is CCCCCCCC/C=C\CCCCCCCCCCCCOP(=O)(O)OCC[N+]1(CC)CCCC1. The number of hydrogen-bond donors (Lipinski definition) is 1. The van der Waals surface area contributed by atoms with Crippen LogP contribution in [-0.4, -0.2) is 48.8 Å². The normalized spacial score (nSPS) is 17.2. The molecule has 0 amide bonds. The molecule has 214 valence electrons. The number of likely N-dealkylation sites (N-methyl/N-ethyl adjacent to an activating group) is 1. The Labute approximate surface area is 224 Å². The number of quaternary nitrogens is 1. The average Bonchev–Trinajstić information content (AvgIpc) is 3.34. The molecule has 0 bridgehead atoms. The van der Waals surface area contributed by atoms with E-state index in [0.29, 0.717) is 13.2 Å². The van der Waals surface area contributed by atoms with Crippen LogP contribution in [0.1, 0.15) is 142 Å². The Morgan fingerprint density at radius 2 is 1.11 bits per heavy atom. The van der Waals surface area contributed by atoms with E-state index in [0.717, 1.165) is 43.5 Å². The van der Waals surface area contributed by atoms with Crippen LogP contribution in [-0.2, 0) is 13.6 Å². The predicted octanol–water partition coefficient (Wildman–Crippen LogP) is 9.35. The van der Waals surface area contributed by atoms with Crippen LogP contribution in [0, 0.1) is 0 Å². The molecule has 0 aromatic carbocycles. The summed E-state index contributed by atoms with van der Waals surface area (Å²) in [6, 6.07) is 0. The fraction of sp³-hybridized carbons (Fsp3) is 0.933. The summed E-state index contributed by atoms with van der Waals surface area (Å²) < 4.78 is 23.5. The van der Waals surface area contributed by atoms with Crippen molar-refractivity contribution in [1.82, 2.24) is 0 Å². The minimum absolute atomic E-state index is 0.303. The van der Waals surface area contributed by atoms with Crippen LogP contribution in [0.15, 0.2) is 12.2 Å². The highest BCUT2D eigenvalue weighted by atomic mass is 31.2. The molecule has 1 rings (SSSR count). The second-order valence-corrected chi connectivity index (χ2v) is 12.5. The number of rotatable bonds is 26. The third-order valence-electron chi connectivity index (χ3n) is 7.92. The van der Waals surface area contributed by atoms with Crippen molar-refractivity contribution in [2.75, 3.05) is 39.4 Å². The second-order valence-electron chi connectivity index (χ2n) is 11.0. The zero-order valence-electron chi connectivity index (χ0n) is 24.1. The highest BCUT2D eigenvalue weighted by Gasteiger charge is 2.31. The molecule has 1 unspecified atom stereocenters. The Bertz CT molecular complexity index is 563. The molecule has 1 aliphatic rings. The maximum absolute atomic E-state index is 12.1. The Balaban J connectivity index is 1.81. The summed E-state index contributed by atoms with van der Waals surface area (Å²) in [6.07, 6.45) is 30.5. The molecule has 0 radical (unpaired) electrons. The van der Waals surface area contributed by atoms with Gasteiger partial charge in [0.05, 0.1) is 26.2 Å². The number of allylic oxidation sites excluding steroid dienone is 2. The van der Waals surface area contributed by atoms with E-state index >= 15 is 0 Å². The molecule has 36 heavy (non-hydrogen) atoms. The van der Waals surface area contributed by atoms with E-state index in [-0.39, 0.29) is 0 Å². The molecule has 1 heterocycles. The van der Waals surface area contributed by atoms with E-state index < -0.39 is 7.82 Å². The molecule has 1 fully saturated rings. The third kappa shape index (κ3) is 19.0. The van der Waals surface area contributed by atoms with Gasteiger partial charge in [0.15, 0.2) is 0 Å². The van der Waals surface area contributed by atoms with Crippen molar-refractivity contribution in [3.8, 4) is 0 Å². The van der Waals surface area contributed by atoms with Crippen molar-refractivity contribution < 1.29 is 23.0 Å². The molecule has 0 saturated carbocycles. The summed E-state index contributed by atoms with van der Waals surface area (Å²) in [5.74, 6) is 0. The Kier molecular flexibility index (Phi) is 21.4. The van der Waals surface area contributed by atoms with E-state index in [9.17, 15) is 9.46 Å². The van der Waals surface area contributed by atoms with Crippen LogP contribution in [0.2, 0.25) is 0 Å². The highest BCUT2D eigenvalue weighted by molar-refractivity contribution is 7.47. The van der Waals surface area contributed by atoms with Crippen LogP contribution >= 0.6 is 7.82 Å². The lowest BCUT2D eigenvalue weighted by Crippen LogP contribution is -2.47. The van der Waals surface area contributed by atoms with Crippen LogP contribution in [0.3, 0.4) is 0 Å². The molecule has 6 heteroatoms. The Morgan fingerprint density at radius 3 is 1.61 bits per heavy atom. The van der Waals surface area contributed by atoms with E-state index in [1.54, 1.807) is 0 Å². The van der Waals surface area contributed by atoms with Gasteiger partial charge in [0.2, 0.25) is 0 Å². The van der Waals surface area contributed by atoms with Gasteiger partial charge >= 0.3 is 7.82 Å². The van der Waals surface area contributed by atoms with Gasteiger partial charge in [-0.25, -0.2) is 4.57 Å². The molecule has 0 spiro atoms. The maximum atomic E-state index is 12.1. The Hall–Kier alpha value is -0.190. The molecule has 0 aliphatic carbocycles. The van der Waals surface area contributed by atoms with Crippen molar-refractivity contribution >= 4 is 7.82 Å². The summed E-state index contributed by atoms with van der Waals surface area (Å²) >= 11 is 0. The summed E-state index contributed by atoms with van der Waals surface area (Å²) in [5, 5.41) is 0. The van der Waals surface area contributed by atoms with Gasteiger partial charge in [-0.05, 0) is 39.0 Å². The van der Waals surface area contributed by atoms with Gasteiger partial charge in [0.25, 0.3) is 0 Å². The number of phosphoric ester groups is 1. The van der Waals surface area contributed by atoms with Crippen molar-refractivity contribution in [1.29, 1.82) is 0 Å². The van der Waals surface area contributed by atoms with Gasteiger partial charge in [-0.15, -0.1) is 0 Å². The van der Waals surface area contributed by atoms with Gasteiger partial charge < -0.3 is 9.38 Å². The van der Waals surface area contributed by atoms with E-state index in [4.69, 9.17) is 9.05 Å². The van der Waals surface area contributed by atoms with Gasteiger partial charge in [0, 0.05) is 12.8 Å². The second kappa shape index (κ2) is 22.8. The first kappa shape index (κ1) is 33.8. The summed E-state index contributed by atoms with van der Waals surface area (Å²) in [5.41, 5.74) is 0. The third-order valence-corrected chi connectivity index (χ3v) is 8.93. The first-order chi connectivity index (χ1) is 17.5. The van der Waals surface area contributed by atoms with Gasteiger partial charge in [-0.2, -0.15) is 0 Å². The van der Waals surface area contributed by atoms with Crippen molar-refractivity contribution in [2.45, 2.75) is 142 Å². The van der Waals surface area contributed by atoms with Crippen LogP contribution in [0.5, 0.6) is 0 Å². The molecule has 1 saturated heterocycles. The standard InChI is InChI=1S/C30H60NO4P/c1-3-5-6-7-8-9-10-11-12-13-14-15-16-17-18-19-20-21-22-25-29-34-36(32,33)35-30-28-31(4-2)26-23-24-27-31/h11-12H,3-10,13-30H2,1-2H3/p+1/b12-11-. The first-order valence-electron chi connectivity index (χ1n) is 15.7. The lowest BCUT2D eigenvalue weighted by Gasteiger charge is -2.32. The van der Waals surface area contributed by atoms with Crippen LogP contribution in [0.25, 0.3) is 0 Å². The maximum Gasteiger partial charge on any atom is 0.472 e. The van der Waals surface area contributed by atoms with E-state index in [1.165, 1.54) is 116 Å². The minimum Gasteiger partial charge on any atom is -0.322 e. The topological polar surface area (TPSA) is 55.8 Å². The van der Waals surface area contributed by atoms with Gasteiger partial charge in [-0.1, -0.05) is 103 Å². The van der Waals surface area contributed by atoms with Crippen molar-refractivity contribution in [2.24, 2.45) is 0 Å². The molecule has 1 aliphatic heterocycles. The first-order valence-corrected chi connectivity index (χ1v) is 17.1. The number of nitrogens with zero attached hydrogens (tertiary/aromatic N) is 1. The molecule has 1 atom stereocenters. The smallest absolute Gasteiger partial charge is 0.322 e. The fourth-order valence-corrected chi connectivity index (χ4v) is 6.07. The fourth-order valence-electron chi connectivity index (χ4n) is 5.33. The zero-order valence-corrected chi connectivity index (χ0v) is 25.0. The molecule has 1 N–H and O–H groups in total. The number of hydrogen-bond acceptors (Lipinski definition) is 3. The molecule has 0 aromatic rings. The quantitative estimate of drug-likeness (QED) is 0.0524. The number of phosphoric acid groups is 1. The van der Waals surface area contributed by atoms with Crippen molar-refractivity contribution in [3.63, 3.8) is 0 Å². The number of unbranched alkanes of at least 4 members (excludes halogenated alkanes) is 16. The lowest BCUT2D eigenvalue weighted by molar-refractivity contribution is -0.915. The van der Waals surface area contributed by atoms with Crippen LogP contribution < -0.4 is 0 Å². The predicted molar refractivity (Wildman–Crippen MR) is 154 cm³/mol.